The lowest BCUT2D eigenvalue weighted by atomic mass is 10.2. The van der Waals surface area contributed by atoms with Crippen LogP contribution in [-0.2, 0) is 0 Å². The summed E-state index contributed by atoms with van der Waals surface area (Å²) in [5, 5.41) is 14.3. The molecule has 174 valence electrons. The molecule has 6 aromatic rings. The summed E-state index contributed by atoms with van der Waals surface area (Å²) < 4.78 is 5.85. The Morgan fingerprint density at radius 1 is 0.694 bits per heavy atom. The minimum atomic E-state index is 0.628. The summed E-state index contributed by atoms with van der Waals surface area (Å²) in [6, 6.07) is 32.3. The second kappa shape index (κ2) is 8.32. The quantitative estimate of drug-likeness (QED) is 0.225. The number of nitrogens with zero attached hydrogens (tertiary/aromatic N) is 6. The van der Waals surface area contributed by atoms with Crippen LogP contribution in [0.4, 0.5) is 23.0 Å². The van der Waals surface area contributed by atoms with Crippen LogP contribution in [0.15, 0.2) is 111 Å². The zero-order chi connectivity index (χ0) is 24.2. The highest BCUT2D eigenvalue weighted by Crippen LogP contribution is 2.39. The van der Waals surface area contributed by atoms with Crippen molar-refractivity contribution in [1.82, 2.24) is 19.4 Å². The van der Waals surface area contributed by atoms with E-state index >= 15 is 0 Å². The van der Waals surface area contributed by atoms with Crippen LogP contribution in [-0.4, -0.2) is 25.4 Å². The van der Waals surface area contributed by atoms with Gasteiger partial charge in [0.2, 0.25) is 11.9 Å². The number of halogens is 2. The van der Waals surface area contributed by atoms with Gasteiger partial charge in [-0.3, -0.25) is 4.57 Å². The number of guanidine groups is 1. The van der Waals surface area contributed by atoms with Gasteiger partial charge in [0, 0.05) is 20.0 Å². The molecular weight excluding hydrogens is 582 g/mol. The summed E-state index contributed by atoms with van der Waals surface area (Å²) in [5.74, 6) is 1.31. The summed E-state index contributed by atoms with van der Waals surface area (Å²) in [6.45, 7) is 0. The van der Waals surface area contributed by atoms with Crippen LogP contribution < -0.4 is 10.2 Å². The molecule has 1 N–H and O–H groups in total. The standard InChI is InChI=1S/C27H17Br2N7/c28-17-9-13-19(14-10-17)30-26-31-23-7-3-4-8-24(23)35-25-21-5-1-2-6-22(21)32-36(25)33-27(35)34(26)20-15-11-18(29)12-16-20/h1-16H,(H,30,31). The third-order valence-electron chi connectivity index (χ3n) is 6.08. The maximum Gasteiger partial charge on any atom is 0.243 e. The van der Waals surface area contributed by atoms with E-state index in [9.17, 15) is 0 Å². The van der Waals surface area contributed by atoms with Crippen molar-refractivity contribution in [3.05, 3.63) is 106 Å². The van der Waals surface area contributed by atoms with Crippen molar-refractivity contribution in [3.8, 4) is 5.69 Å². The molecule has 2 aromatic heterocycles. The number of hydrogen-bond donors (Lipinski definition) is 1. The van der Waals surface area contributed by atoms with Crippen LogP contribution >= 0.6 is 31.9 Å². The normalized spacial score (nSPS) is 12.8. The van der Waals surface area contributed by atoms with Gasteiger partial charge in [-0.15, -0.1) is 14.8 Å². The molecule has 7 rings (SSSR count). The number of nitrogens with one attached hydrogen (secondary N) is 1. The fraction of sp³-hybridized carbons (Fsp3) is 0. The van der Waals surface area contributed by atoms with E-state index in [0.29, 0.717) is 11.9 Å². The average Bonchev–Trinajstić information content (AvgIpc) is 3.39. The Balaban J connectivity index is 1.54. The molecule has 1 aliphatic heterocycles. The maximum atomic E-state index is 5.11. The monoisotopic (exact) mass is 597 g/mol. The molecule has 0 amide bonds. The summed E-state index contributed by atoms with van der Waals surface area (Å²) in [7, 11) is 0. The van der Waals surface area contributed by atoms with Gasteiger partial charge in [-0.25, -0.2) is 9.89 Å². The lowest BCUT2D eigenvalue weighted by molar-refractivity contribution is 0.833. The minimum absolute atomic E-state index is 0.628. The van der Waals surface area contributed by atoms with Crippen LogP contribution in [0.3, 0.4) is 0 Å². The van der Waals surface area contributed by atoms with Crippen molar-refractivity contribution in [2.24, 2.45) is 4.99 Å². The van der Waals surface area contributed by atoms with E-state index in [0.717, 1.165) is 48.2 Å². The summed E-state index contributed by atoms with van der Waals surface area (Å²) in [4.78, 5) is 7.14. The first kappa shape index (κ1) is 21.3. The Morgan fingerprint density at radius 3 is 2.19 bits per heavy atom. The summed E-state index contributed by atoms with van der Waals surface area (Å²) in [6.07, 6.45) is 0. The largest absolute Gasteiger partial charge is 0.325 e. The van der Waals surface area contributed by atoms with Gasteiger partial charge in [0.05, 0.1) is 22.6 Å². The molecule has 0 saturated heterocycles. The zero-order valence-corrected chi connectivity index (χ0v) is 21.8. The molecule has 0 saturated carbocycles. The Morgan fingerprint density at radius 2 is 1.39 bits per heavy atom. The fourth-order valence-corrected chi connectivity index (χ4v) is 4.99. The molecule has 0 unspecified atom stereocenters. The number of benzene rings is 4. The molecule has 0 bridgehead atoms. The molecule has 36 heavy (non-hydrogen) atoms. The fourth-order valence-electron chi connectivity index (χ4n) is 4.46. The molecule has 7 nitrogen and oxygen atoms in total. The van der Waals surface area contributed by atoms with Crippen molar-refractivity contribution in [2.45, 2.75) is 0 Å². The Labute approximate surface area is 222 Å². The first-order valence-corrected chi connectivity index (χ1v) is 12.9. The van der Waals surface area contributed by atoms with Gasteiger partial charge in [0.25, 0.3) is 0 Å². The van der Waals surface area contributed by atoms with E-state index in [1.807, 2.05) is 89.8 Å². The smallest absolute Gasteiger partial charge is 0.243 e. The van der Waals surface area contributed by atoms with Crippen LogP contribution in [0.25, 0.3) is 22.2 Å². The van der Waals surface area contributed by atoms with Crippen LogP contribution in [0.1, 0.15) is 0 Å². The van der Waals surface area contributed by atoms with E-state index < -0.39 is 0 Å². The molecule has 4 aromatic carbocycles. The third-order valence-corrected chi connectivity index (χ3v) is 7.14. The van der Waals surface area contributed by atoms with Gasteiger partial charge in [0.1, 0.15) is 0 Å². The summed E-state index contributed by atoms with van der Waals surface area (Å²) >= 11 is 7.08. The average molecular weight is 599 g/mol. The van der Waals surface area contributed by atoms with Crippen molar-refractivity contribution >= 4 is 77.4 Å². The number of hydrogen-bond acceptors (Lipinski definition) is 5. The predicted molar refractivity (Wildman–Crippen MR) is 151 cm³/mol. The second-order valence-corrected chi connectivity index (χ2v) is 10.2. The molecule has 0 atom stereocenters. The highest BCUT2D eigenvalue weighted by atomic mass is 79.9. The van der Waals surface area contributed by atoms with Crippen molar-refractivity contribution in [2.75, 3.05) is 10.2 Å². The van der Waals surface area contributed by atoms with E-state index in [2.05, 4.69) is 53.9 Å². The number of fused-ring (bicyclic) bond motifs is 7. The minimum Gasteiger partial charge on any atom is -0.325 e. The van der Waals surface area contributed by atoms with Crippen molar-refractivity contribution < 1.29 is 0 Å². The number of aliphatic imine (C=N–C) groups is 1. The van der Waals surface area contributed by atoms with Gasteiger partial charge in [-0.2, -0.15) is 0 Å². The number of aromatic nitrogens is 4. The third kappa shape index (κ3) is 3.42. The zero-order valence-electron chi connectivity index (χ0n) is 18.7. The topological polar surface area (TPSA) is 62.8 Å². The molecule has 0 fully saturated rings. The number of anilines is 3. The van der Waals surface area contributed by atoms with Gasteiger partial charge in [-0.1, -0.05) is 56.1 Å². The van der Waals surface area contributed by atoms with Gasteiger partial charge >= 0.3 is 0 Å². The van der Waals surface area contributed by atoms with Gasteiger partial charge in [-0.05, 0) is 72.8 Å². The van der Waals surface area contributed by atoms with E-state index in [1.54, 1.807) is 4.63 Å². The lowest BCUT2D eigenvalue weighted by Crippen LogP contribution is -2.33. The first-order chi connectivity index (χ1) is 17.7. The van der Waals surface area contributed by atoms with E-state index in [1.165, 1.54) is 0 Å². The molecule has 0 aliphatic carbocycles. The highest BCUT2D eigenvalue weighted by Gasteiger charge is 2.30. The van der Waals surface area contributed by atoms with Gasteiger partial charge in [0.15, 0.2) is 5.65 Å². The van der Waals surface area contributed by atoms with E-state index in [4.69, 9.17) is 15.2 Å². The van der Waals surface area contributed by atoms with Crippen LogP contribution in [0, 0.1) is 0 Å². The molecule has 0 spiro atoms. The maximum absolute atomic E-state index is 5.11. The Hall–Kier alpha value is -3.95. The Bertz CT molecular complexity index is 1780. The van der Waals surface area contributed by atoms with E-state index in [-0.39, 0.29) is 0 Å². The summed E-state index contributed by atoms with van der Waals surface area (Å²) in [5.41, 5.74) is 5.34. The van der Waals surface area contributed by atoms with Crippen LogP contribution in [0.5, 0.6) is 0 Å². The van der Waals surface area contributed by atoms with Crippen LogP contribution in [0.2, 0.25) is 0 Å². The molecule has 1 aliphatic rings. The molecule has 9 heteroatoms. The lowest BCUT2D eigenvalue weighted by Gasteiger charge is -2.24. The molecular formula is C27H17Br2N7. The molecule has 0 radical (unpaired) electrons. The molecule has 3 heterocycles. The predicted octanol–water partition coefficient (Wildman–Crippen LogP) is 7.45. The van der Waals surface area contributed by atoms with Gasteiger partial charge < -0.3 is 5.32 Å². The number of para-hydroxylation sites is 2. The highest BCUT2D eigenvalue weighted by molar-refractivity contribution is 9.10. The number of rotatable bonds is 2. The Kier molecular flexibility index (Phi) is 4.93. The van der Waals surface area contributed by atoms with Crippen molar-refractivity contribution in [1.29, 1.82) is 0 Å². The second-order valence-electron chi connectivity index (χ2n) is 8.33. The first-order valence-electron chi connectivity index (χ1n) is 11.3. The van der Waals surface area contributed by atoms with Crippen molar-refractivity contribution in [3.63, 3.8) is 0 Å². The SMILES string of the molecule is Brc1ccc(NC2=Nc3ccccc3-n3c(nn4nc5ccccc5c34)N2c2ccc(Br)cc2)cc1.